The van der Waals surface area contributed by atoms with E-state index in [0.717, 1.165) is 19.3 Å². The number of hydrogen-bond acceptors (Lipinski definition) is 2. The van der Waals surface area contributed by atoms with Gasteiger partial charge in [0, 0.05) is 24.5 Å². The molecular formula is C15H30N2O. The summed E-state index contributed by atoms with van der Waals surface area (Å²) in [7, 11) is 0. The van der Waals surface area contributed by atoms with E-state index in [1.807, 2.05) is 0 Å². The second-order valence-electron chi connectivity index (χ2n) is 7.16. The SMILES string of the molecule is C[C@@H]1CCC[C@H](C)N1C(=O)CC(N)CC(C)(C)C. The highest BCUT2D eigenvalue weighted by molar-refractivity contribution is 5.77. The van der Waals surface area contributed by atoms with E-state index in [1.165, 1.54) is 6.42 Å². The number of amides is 1. The van der Waals surface area contributed by atoms with Gasteiger partial charge in [0.05, 0.1) is 0 Å². The lowest BCUT2D eigenvalue weighted by molar-refractivity contribution is -0.137. The van der Waals surface area contributed by atoms with Gasteiger partial charge in [-0.05, 0) is 44.9 Å². The molecule has 1 amide bonds. The standard InChI is InChI=1S/C15H30N2O/c1-11-7-6-8-12(2)17(11)14(18)9-13(16)10-15(3,4)5/h11-13H,6-10,16H2,1-5H3/t11-,12+,13?. The molecule has 106 valence electrons. The summed E-state index contributed by atoms with van der Waals surface area (Å²) in [5, 5.41) is 0. The van der Waals surface area contributed by atoms with E-state index in [1.54, 1.807) is 0 Å². The fraction of sp³-hybridized carbons (Fsp3) is 0.933. The predicted molar refractivity (Wildman–Crippen MR) is 76.3 cm³/mol. The lowest BCUT2D eigenvalue weighted by atomic mass is 9.87. The van der Waals surface area contributed by atoms with Crippen molar-refractivity contribution in [1.29, 1.82) is 0 Å². The Morgan fingerprint density at radius 3 is 2.22 bits per heavy atom. The summed E-state index contributed by atoms with van der Waals surface area (Å²) in [5.41, 5.74) is 6.30. The van der Waals surface area contributed by atoms with Crippen LogP contribution in [0, 0.1) is 5.41 Å². The van der Waals surface area contributed by atoms with E-state index in [9.17, 15) is 4.79 Å². The van der Waals surface area contributed by atoms with Gasteiger partial charge in [-0.25, -0.2) is 0 Å². The molecule has 3 atom stereocenters. The number of likely N-dealkylation sites (tertiary alicyclic amines) is 1. The van der Waals surface area contributed by atoms with E-state index < -0.39 is 0 Å². The molecule has 0 aromatic carbocycles. The summed E-state index contributed by atoms with van der Waals surface area (Å²) in [6, 6.07) is 0.741. The zero-order valence-corrected chi connectivity index (χ0v) is 12.7. The molecule has 3 heteroatoms. The summed E-state index contributed by atoms with van der Waals surface area (Å²) in [4.78, 5) is 14.4. The molecule has 1 rings (SSSR count). The molecule has 3 nitrogen and oxygen atoms in total. The Morgan fingerprint density at radius 2 is 1.78 bits per heavy atom. The van der Waals surface area contributed by atoms with E-state index in [4.69, 9.17) is 5.73 Å². The van der Waals surface area contributed by atoms with Crippen molar-refractivity contribution in [1.82, 2.24) is 4.90 Å². The molecule has 18 heavy (non-hydrogen) atoms. The summed E-state index contributed by atoms with van der Waals surface area (Å²) in [6.45, 7) is 10.8. The first-order chi connectivity index (χ1) is 8.20. The van der Waals surface area contributed by atoms with Crippen molar-refractivity contribution in [2.45, 2.75) is 84.8 Å². The van der Waals surface area contributed by atoms with Crippen LogP contribution in [0.2, 0.25) is 0 Å². The van der Waals surface area contributed by atoms with Crippen LogP contribution >= 0.6 is 0 Å². The highest BCUT2D eigenvalue weighted by atomic mass is 16.2. The number of rotatable bonds is 3. The van der Waals surface area contributed by atoms with Crippen molar-refractivity contribution in [3.8, 4) is 0 Å². The predicted octanol–water partition coefficient (Wildman–Crippen LogP) is 2.93. The second-order valence-corrected chi connectivity index (χ2v) is 7.16. The molecule has 0 aliphatic carbocycles. The van der Waals surface area contributed by atoms with Gasteiger partial charge in [0.1, 0.15) is 0 Å². The molecule has 0 bridgehead atoms. The third-order valence-electron chi connectivity index (χ3n) is 3.79. The van der Waals surface area contributed by atoms with Crippen LogP contribution in [-0.4, -0.2) is 28.9 Å². The van der Waals surface area contributed by atoms with Crippen molar-refractivity contribution in [3.05, 3.63) is 0 Å². The van der Waals surface area contributed by atoms with Gasteiger partial charge in [-0.1, -0.05) is 20.8 Å². The first-order valence-electron chi connectivity index (χ1n) is 7.27. The van der Waals surface area contributed by atoms with Gasteiger partial charge in [0.25, 0.3) is 0 Å². The Balaban J connectivity index is 2.53. The maximum atomic E-state index is 12.4. The molecule has 1 fully saturated rings. The van der Waals surface area contributed by atoms with E-state index in [-0.39, 0.29) is 17.4 Å². The maximum absolute atomic E-state index is 12.4. The number of hydrogen-bond donors (Lipinski definition) is 1. The lowest BCUT2D eigenvalue weighted by Crippen LogP contribution is -2.49. The third-order valence-corrected chi connectivity index (χ3v) is 3.79. The fourth-order valence-electron chi connectivity index (χ4n) is 3.10. The minimum Gasteiger partial charge on any atom is -0.337 e. The van der Waals surface area contributed by atoms with Gasteiger partial charge in [-0.15, -0.1) is 0 Å². The quantitative estimate of drug-likeness (QED) is 0.841. The number of nitrogens with two attached hydrogens (primary N) is 1. The van der Waals surface area contributed by atoms with Gasteiger partial charge < -0.3 is 10.6 Å². The van der Waals surface area contributed by atoms with Crippen molar-refractivity contribution >= 4 is 5.91 Å². The van der Waals surface area contributed by atoms with Gasteiger partial charge in [-0.2, -0.15) is 0 Å². The van der Waals surface area contributed by atoms with Gasteiger partial charge in [0.2, 0.25) is 5.91 Å². The van der Waals surface area contributed by atoms with Crippen molar-refractivity contribution in [3.63, 3.8) is 0 Å². The Hall–Kier alpha value is -0.570. The van der Waals surface area contributed by atoms with Crippen LogP contribution in [0.4, 0.5) is 0 Å². The van der Waals surface area contributed by atoms with E-state index >= 15 is 0 Å². The van der Waals surface area contributed by atoms with E-state index in [0.29, 0.717) is 18.5 Å². The number of piperidine rings is 1. The minimum absolute atomic E-state index is 0.0150. The highest BCUT2D eigenvalue weighted by Crippen LogP contribution is 2.25. The zero-order valence-electron chi connectivity index (χ0n) is 12.7. The number of carbonyl (C=O) groups excluding carboxylic acids is 1. The first kappa shape index (κ1) is 15.5. The molecular weight excluding hydrogens is 224 g/mol. The minimum atomic E-state index is -0.0150. The molecule has 1 unspecified atom stereocenters. The summed E-state index contributed by atoms with van der Waals surface area (Å²) in [6.07, 6.45) is 4.89. The van der Waals surface area contributed by atoms with Crippen LogP contribution in [0.5, 0.6) is 0 Å². The Kier molecular flexibility index (Phi) is 5.20. The van der Waals surface area contributed by atoms with Crippen LogP contribution in [-0.2, 0) is 4.79 Å². The van der Waals surface area contributed by atoms with Crippen LogP contribution < -0.4 is 5.73 Å². The van der Waals surface area contributed by atoms with Gasteiger partial charge in [-0.3, -0.25) is 4.79 Å². The highest BCUT2D eigenvalue weighted by Gasteiger charge is 2.30. The monoisotopic (exact) mass is 254 g/mol. The molecule has 1 aliphatic rings. The topological polar surface area (TPSA) is 46.3 Å². The molecule has 1 saturated heterocycles. The fourth-order valence-corrected chi connectivity index (χ4v) is 3.10. The maximum Gasteiger partial charge on any atom is 0.224 e. The van der Waals surface area contributed by atoms with Crippen LogP contribution in [0.15, 0.2) is 0 Å². The van der Waals surface area contributed by atoms with Gasteiger partial charge >= 0.3 is 0 Å². The van der Waals surface area contributed by atoms with E-state index in [2.05, 4.69) is 39.5 Å². The molecule has 0 saturated carbocycles. The molecule has 1 heterocycles. The Morgan fingerprint density at radius 1 is 1.28 bits per heavy atom. The van der Waals surface area contributed by atoms with Crippen LogP contribution in [0.3, 0.4) is 0 Å². The van der Waals surface area contributed by atoms with Crippen molar-refractivity contribution < 1.29 is 4.79 Å². The lowest BCUT2D eigenvalue weighted by Gasteiger charge is -2.39. The molecule has 0 radical (unpaired) electrons. The van der Waals surface area contributed by atoms with Gasteiger partial charge in [0.15, 0.2) is 0 Å². The zero-order chi connectivity index (χ0) is 13.9. The molecule has 2 N–H and O–H groups in total. The van der Waals surface area contributed by atoms with Crippen LogP contribution in [0.25, 0.3) is 0 Å². The summed E-state index contributed by atoms with van der Waals surface area (Å²) >= 11 is 0. The number of nitrogens with zero attached hydrogens (tertiary/aromatic N) is 1. The largest absolute Gasteiger partial charge is 0.337 e. The molecule has 0 spiro atoms. The van der Waals surface area contributed by atoms with Crippen molar-refractivity contribution in [2.24, 2.45) is 11.1 Å². The molecule has 0 aromatic rings. The Bertz CT molecular complexity index is 273. The summed E-state index contributed by atoms with van der Waals surface area (Å²) in [5.74, 6) is 0.242. The number of carbonyl (C=O) groups is 1. The molecule has 1 aliphatic heterocycles. The smallest absolute Gasteiger partial charge is 0.224 e. The Labute approximate surface area is 112 Å². The second kappa shape index (κ2) is 6.05. The third kappa shape index (κ3) is 4.60. The normalized spacial score (nSPS) is 27.1. The average Bonchev–Trinajstić information content (AvgIpc) is 2.13. The van der Waals surface area contributed by atoms with Crippen LogP contribution in [0.1, 0.15) is 66.7 Å². The molecule has 0 aromatic heterocycles. The summed E-state index contributed by atoms with van der Waals surface area (Å²) < 4.78 is 0. The average molecular weight is 254 g/mol. The van der Waals surface area contributed by atoms with Crippen molar-refractivity contribution in [2.75, 3.05) is 0 Å². The first-order valence-corrected chi connectivity index (χ1v) is 7.27.